The Morgan fingerprint density at radius 1 is 1.16 bits per heavy atom. The van der Waals surface area contributed by atoms with Gasteiger partial charge >= 0.3 is 6.03 Å². The molecule has 2 aliphatic heterocycles. The predicted octanol–water partition coefficient (Wildman–Crippen LogP) is 2.44. The topological polar surface area (TPSA) is 50.8 Å². The summed E-state index contributed by atoms with van der Waals surface area (Å²) in [5.41, 5.74) is 3.39. The predicted molar refractivity (Wildman–Crippen MR) is 93.4 cm³/mol. The molecule has 2 aliphatic carbocycles. The third-order valence-corrected chi connectivity index (χ3v) is 6.75. The van der Waals surface area contributed by atoms with E-state index >= 15 is 0 Å². The minimum absolute atomic E-state index is 0.0705. The van der Waals surface area contributed by atoms with Gasteiger partial charge in [-0.1, -0.05) is 24.3 Å². The van der Waals surface area contributed by atoms with Crippen molar-refractivity contribution >= 4 is 6.03 Å². The van der Waals surface area contributed by atoms with Gasteiger partial charge in [0.1, 0.15) is 0 Å². The number of hydrogen-bond acceptors (Lipinski definition) is 3. The molecule has 1 saturated carbocycles. The van der Waals surface area contributed by atoms with Gasteiger partial charge in [0.05, 0.1) is 13.2 Å². The maximum atomic E-state index is 12.5. The van der Waals surface area contributed by atoms with Crippen molar-refractivity contribution in [2.75, 3.05) is 32.8 Å². The van der Waals surface area contributed by atoms with Crippen molar-refractivity contribution in [3.05, 3.63) is 35.4 Å². The number of likely N-dealkylation sites (tertiary alicyclic amines) is 1. The number of amides is 2. The molecule has 1 N–H and O–H groups in total. The molecule has 3 fully saturated rings. The van der Waals surface area contributed by atoms with E-state index in [4.69, 9.17) is 9.47 Å². The molecule has 5 rings (SSSR count). The van der Waals surface area contributed by atoms with Crippen LogP contribution in [0.5, 0.6) is 0 Å². The number of hydrogen-bond donors (Lipinski definition) is 1. The van der Waals surface area contributed by atoms with Crippen LogP contribution in [0, 0.1) is 5.92 Å². The largest absolute Gasteiger partial charge is 0.347 e. The summed E-state index contributed by atoms with van der Waals surface area (Å²) < 4.78 is 11.5. The molecule has 5 nitrogen and oxygen atoms in total. The van der Waals surface area contributed by atoms with Crippen LogP contribution in [-0.2, 0) is 21.3 Å². The first kappa shape index (κ1) is 15.6. The fourth-order valence-electron chi connectivity index (χ4n) is 5.16. The maximum absolute atomic E-state index is 12.5. The molecular formula is C20H26N2O3. The lowest BCUT2D eigenvalue weighted by Gasteiger charge is -2.37. The standard InChI is InChI=1S/C20H26N2O3/c23-18(22-9-7-20(8-10-22)24-11-12-25-20)21-14-16-13-19(16)6-5-15-3-1-2-4-17(15)19/h1-4,16H,5-14H2,(H,21,23)/t16-,19+/m0/s1. The Labute approximate surface area is 148 Å². The molecule has 0 radical (unpaired) electrons. The maximum Gasteiger partial charge on any atom is 0.317 e. The molecule has 2 spiro atoms. The molecule has 0 bridgehead atoms. The van der Waals surface area contributed by atoms with E-state index in [1.807, 2.05) is 4.90 Å². The Hall–Kier alpha value is -1.59. The number of carbonyl (C=O) groups is 1. The van der Waals surface area contributed by atoms with Crippen LogP contribution in [0.1, 0.15) is 36.8 Å². The molecule has 134 valence electrons. The zero-order chi connectivity index (χ0) is 16.9. The zero-order valence-corrected chi connectivity index (χ0v) is 14.6. The van der Waals surface area contributed by atoms with Crippen LogP contribution in [-0.4, -0.2) is 49.6 Å². The molecule has 2 atom stereocenters. The summed E-state index contributed by atoms with van der Waals surface area (Å²) in [7, 11) is 0. The number of carbonyl (C=O) groups excluding carboxylic acids is 1. The van der Waals surface area contributed by atoms with Crippen LogP contribution in [0.4, 0.5) is 4.79 Å². The summed E-state index contributed by atoms with van der Waals surface area (Å²) in [4.78, 5) is 14.4. The number of ether oxygens (including phenoxy) is 2. The van der Waals surface area contributed by atoms with Crippen molar-refractivity contribution in [1.29, 1.82) is 0 Å². The molecule has 1 aromatic rings. The highest BCUT2D eigenvalue weighted by atomic mass is 16.7. The first-order valence-electron chi connectivity index (χ1n) is 9.60. The first-order chi connectivity index (χ1) is 12.2. The molecule has 0 aromatic heterocycles. The quantitative estimate of drug-likeness (QED) is 0.898. The van der Waals surface area contributed by atoms with E-state index < -0.39 is 5.79 Å². The lowest BCUT2D eigenvalue weighted by molar-refractivity contribution is -0.181. The highest BCUT2D eigenvalue weighted by Crippen LogP contribution is 2.61. The number of fused-ring (bicyclic) bond motifs is 2. The summed E-state index contributed by atoms with van der Waals surface area (Å²) in [5.74, 6) is 0.183. The number of piperidine rings is 1. The minimum Gasteiger partial charge on any atom is -0.347 e. The smallest absolute Gasteiger partial charge is 0.317 e. The minimum atomic E-state index is -0.412. The molecule has 4 aliphatic rings. The van der Waals surface area contributed by atoms with Gasteiger partial charge in [-0.05, 0) is 36.3 Å². The van der Waals surface area contributed by atoms with Crippen molar-refractivity contribution in [2.24, 2.45) is 5.92 Å². The van der Waals surface area contributed by atoms with Crippen LogP contribution in [0.25, 0.3) is 0 Å². The van der Waals surface area contributed by atoms with Crippen LogP contribution in [0.2, 0.25) is 0 Å². The second-order valence-electron chi connectivity index (χ2n) is 8.00. The Bertz CT molecular complexity index is 675. The number of nitrogens with one attached hydrogen (secondary N) is 1. The van der Waals surface area contributed by atoms with Gasteiger partial charge in [-0.3, -0.25) is 0 Å². The van der Waals surface area contributed by atoms with E-state index in [9.17, 15) is 4.79 Å². The summed E-state index contributed by atoms with van der Waals surface area (Å²) in [6.07, 6.45) is 5.21. The normalized spacial score (nSPS) is 32.2. The SMILES string of the molecule is O=C(NC[C@@H]1C[C@]12CCc1ccccc12)N1CCC2(CC1)OCCO2. The van der Waals surface area contributed by atoms with Gasteiger partial charge in [0.15, 0.2) is 5.79 Å². The van der Waals surface area contributed by atoms with Gasteiger partial charge in [0, 0.05) is 37.9 Å². The number of rotatable bonds is 2. The highest BCUT2D eigenvalue weighted by Gasteiger charge is 2.57. The number of benzene rings is 1. The van der Waals surface area contributed by atoms with Gasteiger partial charge < -0.3 is 19.7 Å². The molecule has 2 amide bonds. The van der Waals surface area contributed by atoms with Gasteiger partial charge in [-0.2, -0.15) is 0 Å². The first-order valence-corrected chi connectivity index (χ1v) is 9.60. The monoisotopic (exact) mass is 342 g/mol. The molecule has 2 heterocycles. The van der Waals surface area contributed by atoms with E-state index in [1.165, 1.54) is 30.4 Å². The second kappa shape index (κ2) is 5.71. The van der Waals surface area contributed by atoms with Gasteiger partial charge in [-0.25, -0.2) is 4.79 Å². The lowest BCUT2D eigenvalue weighted by Crippen LogP contribution is -2.50. The van der Waals surface area contributed by atoms with Crippen LogP contribution in [0.3, 0.4) is 0 Å². The molecule has 0 unspecified atom stereocenters. The average molecular weight is 342 g/mol. The number of aryl methyl sites for hydroxylation is 1. The summed E-state index contributed by atoms with van der Waals surface area (Å²) >= 11 is 0. The Balaban J connectivity index is 1.14. The Morgan fingerprint density at radius 2 is 1.92 bits per heavy atom. The molecule has 25 heavy (non-hydrogen) atoms. The molecule has 5 heteroatoms. The third-order valence-electron chi connectivity index (χ3n) is 6.75. The van der Waals surface area contributed by atoms with E-state index in [1.54, 1.807) is 0 Å². The van der Waals surface area contributed by atoms with E-state index in [2.05, 4.69) is 29.6 Å². The van der Waals surface area contributed by atoms with Crippen molar-refractivity contribution < 1.29 is 14.3 Å². The fourth-order valence-corrected chi connectivity index (χ4v) is 5.16. The van der Waals surface area contributed by atoms with Gasteiger partial charge in [0.25, 0.3) is 0 Å². The number of nitrogens with zero attached hydrogens (tertiary/aromatic N) is 1. The fraction of sp³-hybridized carbons (Fsp3) is 0.650. The molecule has 2 saturated heterocycles. The van der Waals surface area contributed by atoms with Crippen LogP contribution >= 0.6 is 0 Å². The van der Waals surface area contributed by atoms with Gasteiger partial charge in [0.2, 0.25) is 0 Å². The average Bonchev–Trinajstić information content (AvgIpc) is 2.96. The Morgan fingerprint density at radius 3 is 2.72 bits per heavy atom. The molecule has 1 aromatic carbocycles. The van der Waals surface area contributed by atoms with E-state index in [0.717, 1.165) is 19.4 Å². The van der Waals surface area contributed by atoms with Crippen molar-refractivity contribution in [2.45, 2.75) is 43.3 Å². The second-order valence-corrected chi connectivity index (χ2v) is 8.00. The van der Waals surface area contributed by atoms with Crippen molar-refractivity contribution in [1.82, 2.24) is 10.2 Å². The van der Waals surface area contributed by atoms with E-state index in [0.29, 0.717) is 37.6 Å². The van der Waals surface area contributed by atoms with Gasteiger partial charge in [-0.15, -0.1) is 0 Å². The van der Waals surface area contributed by atoms with Crippen LogP contribution < -0.4 is 5.32 Å². The van der Waals surface area contributed by atoms with E-state index in [-0.39, 0.29) is 6.03 Å². The zero-order valence-electron chi connectivity index (χ0n) is 14.6. The molecular weight excluding hydrogens is 316 g/mol. The highest BCUT2D eigenvalue weighted by molar-refractivity contribution is 5.74. The Kier molecular flexibility index (Phi) is 3.57. The lowest BCUT2D eigenvalue weighted by atomic mass is 9.95. The number of urea groups is 1. The van der Waals surface area contributed by atoms with Crippen LogP contribution in [0.15, 0.2) is 24.3 Å². The summed E-state index contributed by atoms with van der Waals surface area (Å²) in [6.45, 7) is 3.58. The van der Waals surface area contributed by atoms with Crippen molar-refractivity contribution in [3.63, 3.8) is 0 Å². The third kappa shape index (κ3) is 2.56. The summed E-state index contributed by atoms with van der Waals surface area (Å²) in [5, 5.41) is 3.18. The summed E-state index contributed by atoms with van der Waals surface area (Å²) in [6, 6.07) is 8.90. The van der Waals surface area contributed by atoms with Crippen molar-refractivity contribution in [3.8, 4) is 0 Å².